The van der Waals surface area contributed by atoms with Gasteiger partial charge in [-0.25, -0.2) is 4.98 Å². The SMILES string of the molecule is O=C(NCc1cocn1)C1CCCCC1. The van der Waals surface area contributed by atoms with E-state index in [0.29, 0.717) is 6.54 Å². The van der Waals surface area contributed by atoms with Crippen molar-refractivity contribution in [2.45, 2.75) is 38.6 Å². The van der Waals surface area contributed by atoms with Gasteiger partial charge in [0.15, 0.2) is 6.39 Å². The standard InChI is InChI=1S/C11H16N2O2/c14-11(9-4-2-1-3-5-9)12-6-10-7-15-8-13-10/h7-9H,1-6H2,(H,12,14). The molecule has 1 aliphatic rings. The van der Waals surface area contributed by atoms with E-state index in [1.54, 1.807) is 6.26 Å². The number of aromatic nitrogens is 1. The van der Waals surface area contributed by atoms with Gasteiger partial charge >= 0.3 is 0 Å². The van der Waals surface area contributed by atoms with Crippen molar-refractivity contribution in [2.75, 3.05) is 0 Å². The minimum Gasteiger partial charge on any atom is -0.451 e. The molecule has 1 heterocycles. The Labute approximate surface area is 89.1 Å². The van der Waals surface area contributed by atoms with E-state index < -0.39 is 0 Å². The van der Waals surface area contributed by atoms with Gasteiger partial charge in [0.2, 0.25) is 5.91 Å². The summed E-state index contributed by atoms with van der Waals surface area (Å²) in [6.07, 6.45) is 8.63. The highest BCUT2D eigenvalue weighted by atomic mass is 16.3. The van der Waals surface area contributed by atoms with Crippen LogP contribution in [0.4, 0.5) is 0 Å². The monoisotopic (exact) mass is 208 g/mol. The van der Waals surface area contributed by atoms with E-state index in [4.69, 9.17) is 4.42 Å². The van der Waals surface area contributed by atoms with Crippen LogP contribution in [0.15, 0.2) is 17.1 Å². The van der Waals surface area contributed by atoms with Crippen LogP contribution >= 0.6 is 0 Å². The number of oxazole rings is 1. The molecule has 0 atom stereocenters. The summed E-state index contributed by atoms with van der Waals surface area (Å²) in [6, 6.07) is 0. The van der Waals surface area contributed by atoms with Crippen molar-refractivity contribution in [2.24, 2.45) is 5.92 Å². The quantitative estimate of drug-likeness (QED) is 0.825. The summed E-state index contributed by atoms with van der Waals surface area (Å²) in [5.41, 5.74) is 0.777. The number of rotatable bonds is 3. The molecule has 1 aromatic heterocycles. The summed E-state index contributed by atoms with van der Waals surface area (Å²) in [5, 5.41) is 2.89. The maximum atomic E-state index is 11.7. The van der Waals surface area contributed by atoms with Gasteiger partial charge in [-0.2, -0.15) is 0 Å². The second kappa shape index (κ2) is 4.96. The normalized spacial score (nSPS) is 17.6. The first kappa shape index (κ1) is 10.2. The first-order chi connectivity index (χ1) is 7.36. The summed E-state index contributed by atoms with van der Waals surface area (Å²) in [4.78, 5) is 15.7. The van der Waals surface area contributed by atoms with Crippen LogP contribution in [-0.4, -0.2) is 10.9 Å². The van der Waals surface area contributed by atoms with Crippen molar-refractivity contribution >= 4 is 5.91 Å². The highest BCUT2D eigenvalue weighted by Crippen LogP contribution is 2.23. The molecule has 0 aliphatic heterocycles. The Bertz CT molecular complexity index is 302. The molecule has 1 saturated carbocycles. The highest BCUT2D eigenvalue weighted by molar-refractivity contribution is 5.78. The van der Waals surface area contributed by atoms with E-state index in [2.05, 4.69) is 10.3 Å². The van der Waals surface area contributed by atoms with Crippen LogP contribution in [0.2, 0.25) is 0 Å². The molecular formula is C11H16N2O2. The third-order valence-electron chi connectivity index (χ3n) is 2.90. The molecule has 1 aliphatic carbocycles. The summed E-state index contributed by atoms with van der Waals surface area (Å²) >= 11 is 0. The second-order valence-corrected chi connectivity index (χ2v) is 4.03. The Morgan fingerprint density at radius 1 is 1.47 bits per heavy atom. The number of carbonyl (C=O) groups excluding carboxylic acids is 1. The van der Waals surface area contributed by atoms with Crippen molar-refractivity contribution in [1.82, 2.24) is 10.3 Å². The molecule has 1 amide bonds. The highest BCUT2D eigenvalue weighted by Gasteiger charge is 2.20. The maximum Gasteiger partial charge on any atom is 0.223 e. The fourth-order valence-electron chi connectivity index (χ4n) is 2.01. The summed E-state index contributed by atoms with van der Waals surface area (Å²) in [6.45, 7) is 0.478. The fourth-order valence-corrected chi connectivity index (χ4v) is 2.01. The van der Waals surface area contributed by atoms with E-state index in [9.17, 15) is 4.79 Å². The van der Waals surface area contributed by atoms with E-state index in [0.717, 1.165) is 18.5 Å². The second-order valence-electron chi connectivity index (χ2n) is 4.03. The molecule has 1 N–H and O–H groups in total. The molecule has 0 saturated heterocycles. The third-order valence-corrected chi connectivity index (χ3v) is 2.90. The predicted octanol–water partition coefficient (Wildman–Crippen LogP) is 1.87. The molecule has 4 heteroatoms. The lowest BCUT2D eigenvalue weighted by Crippen LogP contribution is -2.31. The van der Waals surface area contributed by atoms with E-state index in [1.165, 1.54) is 25.7 Å². The van der Waals surface area contributed by atoms with Crippen molar-refractivity contribution in [1.29, 1.82) is 0 Å². The Balaban J connectivity index is 1.76. The largest absolute Gasteiger partial charge is 0.451 e. The summed E-state index contributed by atoms with van der Waals surface area (Å²) in [7, 11) is 0. The fraction of sp³-hybridized carbons (Fsp3) is 0.636. The lowest BCUT2D eigenvalue weighted by molar-refractivity contribution is -0.126. The molecule has 0 unspecified atom stereocenters. The number of hydrogen-bond donors (Lipinski definition) is 1. The van der Waals surface area contributed by atoms with Crippen molar-refractivity contribution in [3.05, 3.63) is 18.4 Å². The minimum absolute atomic E-state index is 0.165. The molecule has 1 aromatic rings. The van der Waals surface area contributed by atoms with Gasteiger partial charge in [-0.1, -0.05) is 19.3 Å². The maximum absolute atomic E-state index is 11.7. The number of amides is 1. The van der Waals surface area contributed by atoms with Gasteiger partial charge in [-0.05, 0) is 12.8 Å². The van der Waals surface area contributed by atoms with Gasteiger partial charge in [-0.3, -0.25) is 4.79 Å². The molecule has 82 valence electrons. The minimum atomic E-state index is 0.165. The predicted molar refractivity (Wildman–Crippen MR) is 54.9 cm³/mol. The molecule has 2 rings (SSSR count). The summed E-state index contributed by atoms with van der Waals surface area (Å²) in [5.74, 6) is 0.378. The zero-order valence-electron chi connectivity index (χ0n) is 8.74. The number of hydrogen-bond acceptors (Lipinski definition) is 3. The lowest BCUT2D eigenvalue weighted by atomic mass is 9.89. The Kier molecular flexibility index (Phi) is 3.37. The van der Waals surface area contributed by atoms with Gasteiger partial charge in [0.25, 0.3) is 0 Å². The average Bonchev–Trinajstić information content (AvgIpc) is 2.80. The Morgan fingerprint density at radius 2 is 2.27 bits per heavy atom. The molecule has 0 spiro atoms. The third kappa shape index (κ3) is 2.81. The van der Waals surface area contributed by atoms with Crippen LogP contribution < -0.4 is 5.32 Å². The molecule has 0 bridgehead atoms. The van der Waals surface area contributed by atoms with Crippen molar-refractivity contribution in [3.63, 3.8) is 0 Å². The zero-order valence-corrected chi connectivity index (χ0v) is 8.74. The van der Waals surface area contributed by atoms with Gasteiger partial charge in [0, 0.05) is 5.92 Å². The van der Waals surface area contributed by atoms with Crippen molar-refractivity contribution in [3.8, 4) is 0 Å². The first-order valence-electron chi connectivity index (χ1n) is 5.51. The van der Waals surface area contributed by atoms with E-state index >= 15 is 0 Å². The van der Waals surface area contributed by atoms with Crippen LogP contribution in [0.1, 0.15) is 37.8 Å². The molecule has 15 heavy (non-hydrogen) atoms. The van der Waals surface area contributed by atoms with Crippen LogP contribution in [-0.2, 0) is 11.3 Å². The number of nitrogens with zero attached hydrogens (tertiary/aromatic N) is 1. The Morgan fingerprint density at radius 3 is 2.93 bits per heavy atom. The lowest BCUT2D eigenvalue weighted by Gasteiger charge is -2.20. The van der Waals surface area contributed by atoms with Crippen LogP contribution in [0.25, 0.3) is 0 Å². The van der Waals surface area contributed by atoms with Gasteiger partial charge in [-0.15, -0.1) is 0 Å². The summed E-state index contributed by atoms with van der Waals surface area (Å²) < 4.78 is 4.83. The van der Waals surface area contributed by atoms with Gasteiger partial charge < -0.3 is 9.73 Å². The number of nitrogens with one attached hydrogen (secondary N) is 1. The topological polar surface area (TPSA) is 55.1 Å². The molecule has 0 radical (unpaired) electrons. The molecule has 0 aromatic carbocycles. The van der Waals surface area contributed by atoms with Crippen molar-refractivity contribution < 1.29 is 9.21 Å². The molecule has 1 fully saturated rings. The zero-order chi connectivity index (χ0) is 10.5. The van der Waals surface area contributed by atoms with E-state index in [-0.39, 0.29) is 11.8 Å². The molecule has 4 nitrogen and oxygen atoms in total. The van der Waals surface area contributed by atoms with Gasteiger partial charge in [0.05, 0.1) is 12.2 Å². The van der Waals surface area contributed by atoms with Crippen LogP contribution in [0, 0.1) is 5.92 Å². The average molecular weight is 208 g/mol. The first-order valence-corrected chi connectivity index (χ1v) is 5.51. The smallest absolute Gasteiger partial charge is 0.223 e. The van der Waals surface area contributed by atoms with Crippen LogP contribution in [0.3, 0.4) is 0 Å². The number of carbonyl (C=O) groups is 1. The van der Waals surface area contributed by atoms with E-state index in [1.807, 2.05) is 0 Å². The molecular weight excluding hydrogens is 192 g/mol. The van der Waals surface area contributed by atoms with Gasteiger partial charge in [0.1, 0.15) is 6.26 Å². The van der Waals surface area contributed by atoms with Crippen LogP contribution in [0.5, 0.6) is 0 Å². The Hall–Kier alpha value is -1.32.